The van der Waals surface area contributed by atoms with E-state index >= 15 is 0 Å². The number of benzene rings is 1. The molecule has 0 aliphatic rings. The summed E-state index contributed by atoms with van der Waals surface area (Å²) in [6, 6.07) is 7.34. The van der Waals surface area contributed by atoms with E-state index in [-0.39, 0.29) is 10.6 Å². The fourth-order valence-electron chi connectivity index (χ4n) is 2.32. The van der Waals surface area contributed by atoms with Gasteiger partial charge in [-0.1, -0.05) is 35.4 Å². The third-order valence-corrected chi connectivity index (χ3v) is 3.61. The topological polar surface area (TPSA) is 67.5 Å². The maximum absolute atomic E-state index is 11.2. The molecule has 0 amide bonds. The minimum atomic E-state index is -1.04. The van der Waals surface area contributed by atoms with Gasteiger partial charge in [-0.25, -0.2) is 4.79 Å². The highest BCUT2D eigenvalue weighted by Gasteiger charge is 2.15. The Bertz CT molecular complexity index is 871. The van der Waals surface area contributed by atoms with Crippen molar-refractivity contribution in [1.29, 1.82) is 0 Å². The maximum Gasteiger partial charge on any atom is 0.337 e. The van der Waals surface area contributed by atoms with Gasteiger partial charge in [-0.15, -0.1) is 10.2 Å². The van der Waals surface area contributed by atoms with Crippen molar-refractivity contribution in [3.8, 4) is 11.4 Å². The van der Waals surface area contributed by atoms with Crippen LogP contribution in [-0.4, -0.2) is 25.7 Å². The Labute approximate surface area is 125 Å². The SMILES string of the molecule is Cc1ccc(-c2nnc3c(Cl)cc(C(=O)O)cn23)c(C)c1. The summed E-state index contributed by atoms with van der Waals surface area (Å²) in [5.74, 6) is -0.466. The molecule has 21 heavy (non-hydrogen) atoms. The van der Waals surface area contributed by atoms with Crippen LogP contribution in [0.3, 0.4) is 0 Å². The smallest absolute Gasteiger partial charge is 0.337 e. The molecular formula is C15H12ClN3O2. The first-order valence-corrected chi connectivity index (χ1v) is 6.70. The minimum absolute atomic E-state index is 0.0957. The van der Waals surface area contributed by atoms with Gasteiger partial charge in [0.05, 0.1) is 10.6 Å². The molecule has 0 fully saturated rings. The second-order valence-electron chi connectivity index (χ2n) is 4.92. The lowest BCUT2D eigenvalue weighted by Gasteiger charge is -2.06. The van der Waals surface area contributed by atoms with Gasteiger partial charge in [0.25, 0.3) is 0 Å². The fraction of sp³-hybridized carbons (Fsp3) is 0.133. The number of hydrogen-bond donors (Lipinski definition) is 1. The molecule has 1 N–H and O–H groups in total. The standard InChI is InChI=1S/C15H12ClN3O2/c1-8-3-4-11(9(2)5-8)13-17-18-14-12(16)6-10(15(20)21)7-19(13)14/h3-7H,1-2H3,(H,20,21). The molecule has 0 aliphatic heterocycles. The molecular weight excluding hydrogens is 290 g/mol. The molecule has 0 radical (unpaired) electrons. The molecule has 0 spiro atoms. The summed E-state index contributed by atoms with van der Waals surface area (Å²) >= 11 is 6.09. The molecule has 0 unspecified atom stereocenters. The highest BCUT2D eigenvalue weighted by atomic mass is 35.5. The van der Waals surface area contributed by atoms with Crippen LogP contribution in [0.25, 0.3) is 17.0 Å². The van der Waals surface area contributed by atoms with E-state index in [4.69, 9.17) is 16.7 Å². The summed E-state index contributed by atoms with van der Waals surface area (Å²) in [6.45, 7) is 3.99. The maximum atomic E-state index is 11.2. The monoisotopic (exact) mass is 301 g/mol. The van der Waals surface area contributed by atoms with Crippen molar-refractivity contribution in [1.82, 2.24) is 14.6 Å². The van der Waals surface area contributed by atoms with Crippen molar-refractivity contribution in [3.63, 3.8) is 0 Å². The van der Waals surface area contributed by atoms with E-state index in [1.165, 1.54) is 12.3 Å². The first-order valence-electron chi connectivity index (χ1n) is 6.32. The van der Waals surface area contributed by atoms with E-state index in [1.54, 1.807) is 4.40 Å². The van der Waals surface area contributed by atoms with Gasteiger partial charge in [0.2, 0.25) is 0 Å². The zero-order valence-electron chi connectivity index (χ0n) is 11.5. The molecule has 6 heteroatoms. The number of rotatable bonds is 2. The van der Waals surface area contributed by atoms with Crippen molar-refractivity contribution in [3.05, 3.63) is 52.2 Å². The number of pyridine rings is 1. The lowest BCUT2D eigenvalue weighted by atomic mass is 10.1. The number of aromatic nitrogens is 3. The van der Waals surface area contributed by atoms with Crippen molar-refractivity contribution in [2.24, 2.45) is 0 Å². The first kappa shape index (κ1) is 13.6. The van der Waals surface area contributed by atoms with E-state index in [0.29, 0.717) is 11.5 Å². The molecule has 5 nitrogen and oxygen atoms in total. The molecule has 3 rings (SSSR count). The van der Waals surface area contributed by atoms with Crippen LogP contribution in [0.4, 0.5) is 0 Å². The Morgan fingerprint density at radius 3 is 2.67 bits per heavy atom. The Morgan fingerprint density at radius 1 is 1.24 bits per heavy atom. The lowest BCUT2D eigenvalue weighted by Crippen LogP contribution is -2.01. The average Bonchev–Trinajstić information content (AvgIpc) is 2.83. The van der Waals surface area contributed by atoms with Crippen LogP contribution in [0.5, 0.6) is 0 Å². The predicted molar refractivity (Wildman–Crippen MR) is 79.9 cm³/mol. The van der Waals surface area contributed by atoms with Gasteiger partial charge >= 0.3 is 5.97 Å². The van der Waals surface area contributed by atoms with Crippen LogP contribution in [0.15, 0.2) is 30.5 Å². The highest BCUT2D eigenvalue weighted by Crippen LogP contribution is 2.26. The van der Waals surface area contributed by atoms with E-state index in [9.17, 15) is 4.79 Å². The van der Waals surface area contributed by atoms with Gasteiger partial charge in [-0.3, -0.25) is 4.40 Å². The Kier molecular flexibility index (Phi) is 3.14. The number of carboxylic acids is 1. The quantitative estimate of drug-likeness (QED) is 0.788. The summed E-state index contributed by atoms with van der Waals surface area (Å²) in [5.41, 5.74) is 3.62. The van der Waals surface area contributed by atoms with Crippen molar-refractivity contribution in [2.75, 3.05) is 0 Å². The summed E-state index contributed by atoms with van der Waals surface area (Å²) in [7, 11) is 0. The molecule has 2 heterocycles. The minimum Gasteiger partial charge on any atom is -0.478 e. The van der Waals surface area contributed by atoms with Crippen LogP contribution in [-0.2, 0) is 0 Å². The third-order valence-electron chi connectivity index (χ3n) is 3.33. The lowest BCUT2D eigenvalue weighted by molar-refractivity contribution is 0.0696. The van der Waals surface area contributed by atoms with Gasteiger partial charge in [0.1, 0.15) is 0 Å². The number of halogens is 1. The highest BCUT2D eigenvalue weighted by molar-refractivity contribution is 6.33. The predicted octanol–water partition coefficient (Wildman–Crippen LogP) is 3.36. The van der Waals surface area contributed by atoms with Gasteiger partial charge in [0, 0.05) is 11.8 Å². The molecule has 106 valence electrons. The van der Waals surface area contributed by atoms with Gasteiger partial charge in [-0.05, 0) is 25.5 Å². The Hall–Kier alpha value is -2.40. The molecule has 0 saturated heterocycles. The Morgan fingerprint density at radius 2 is 2.00 bits per heavy atom. The van der Waals surface area contributed by atoms with Gasteiger partial charge in [-0.2, -0.15) is 0 Å². The Balaban J connectivity index is 2.30. The normalized spacial score (nSPS) is 11.0. The van der Waals surface area contributed by atoms with Crippen molar-refractivity contribution < 1.29 is 9.90 Å². The molecule has 3 aromatic rings. The van der Waals surface area contributed by atoms with E-state index in [2.05, 4.69) is 10.2 Å². The largest absolute Gasteiger partial charge is 0.478 e. The summed E-state index contributed by atoms with van der Waals surface area (Å²) in [4.78, 5) is 11.2. The zero-order valence-corrected chi connectivity index (χ0v) is 12.2. The number of aromatic carboxylic acids is 1. The van der Waals surface area contributed by atoms with Crippen molar-refractivity contribution >= 4 is 23.2 Å². The first-order chi connectivity index (χ1) is 9.97. The fourth-order valence-corrected chi connectivity index (χ4v) is 2.57. The van der Waals surface area contributed by atoms with Crippen LogP contribution in [0.1, 0.15) is 21.5 Å². The van der Waals surface area contributed by atoms with Crippen LogP contribution in [0, 0.1) is 13.8 Å². The van der Waals surface area contributed by atoms with E-state index in [1.807, 2.05) is 32.0 Å². The molecule has 2 aromatic heterocycles. The van der Waals surface area contributed by atoms with E-state index < -0.39 is 5.97 Å². The van der Waals surface area contributed by atoms with E-state index in [0.717, 1.165) is 16.7 Å². The number of nitrogens with zero attached hydrogens (tertiary/aromatic N) is 3. The average molecular weight is 302 g/mol. The number of aryl methyl sites for hydroxylation is 2. The number of fused-ring (bicyclic) bond motifs is 1. The summed E-state index contributed by atoms with van der Waals surface area (Å²) in [6.07, 6.45) is 1.48. The summed E-state index contributed by atoms with van der Waals surface area (Å²) < 4.78 is 1.61. The second kappa shape index (κ2) is 4.86. The second-order valence-corrected chi connectivity index (χ2v) is 5.32. The number of carboxylic acid groups (broad SMARTS) is 1. The molecule has 0 aliphatic carbocycles. The molecule has 0 saturated carbocycles. The third kappa shape index (κ3) is 2.25. The number of carbonyl (C=O) groups is 1. The summed E-state index contributed by atoms with van der Waals surface area (Å²) in [5, 5.41) is 17.6. The number of hydrogen-bond acceptors (Lipinski definition) is 3. The van der Waals surface area contributed by atoms with Crippen LogP contribution < -0.4 is 0 Å². The van der Waals surface area contributed by atoms with Crippen LogP contribution in [0.2, 0.25) is 5.02 Å². The molecule has 0 bridgehead atoms. The zero-order chi connectivity index (χ0) is 15.1. The molecule has 0 atom stereocenters. The van der Waals surface area contributed by atoms with Gasteiger partial charge in [0.15, 0.2) is 11.5 Å². The van der Waals surface area contributed by atoms with Gasteiger partial charge < -0.3 is 5.11 Å². The molecule has 1 aromatic carbocycles. The van der Waals surface area contributed by atoms with Crippen LogP contribution >= 0.6 is 11.6 Å². The van der Waals surface area contributed by atoms with Crippen molar-refractivity contribution in [2.45, 2.75) is 13.8 Å².